The van der Waals surface area contributed by atoms with Crippen molar-refractivity contribution in [1.82, 2.24) is 0 Å². The molecule has 0 fully saturated rings. The van der Waals surface area contributed by atoms with E-state index in [1.165, 1.54) is 0 Å². The van der Waals surface area contributed by atoms with Gasteiger partial charge in [0, 0.05) is 39.6 Å². The quantitative estimate of drug-likeness (QED) is 0.479. The Labute approximate surface area is 72.3 Å². The Bertz CT molecular complexity index is 34.5. The van der Waals surface area contributed by atoms with E-state index in [0.717, 1.165) is 6.92 Å². The fourth-order valence-corrected chi connectivity index (χ4v) is 0. The van der Waals surface area contributed by atoms with Crippen molar-refractivity contribution in [3.63, 3.8) is 0 Å². The average molecular weight is 179 g/mol. The summed E-state index contributed by atoms with van der Waals surface area (Å²) in [4.78, 5) is 9.00. The molecule has 0 aromatic carbocycles. The number of hydrogen-bond donors (Lipinski definition) is 1. The van der Waals surface area contributed by atoms with Gasteiger partial charge in [-0.2, -0.15) is 0 Å². The first-order valence-corrected chi connectivity index (χ1v) is 0.928. The molecule has 0 amide bonds. The zero-order valence-electron chi connectivity index (χ0n) is 2.93. The standard InChI is InChI=1S/C2H4O2.Al.Y.3H/c1-2(3)4;;;;;/h1H3,(H,3,4);;;;;. The topological polar surface area (TPSA) is 37.3 Å². The van der Waals surface area contributed by atoms with Gasteiger partial charge in [0.1, 0.15) is 0 Å². The van der Waals surface area contributed by atoms with E-state index >= 15 is 0 Å². The summed E-state index contributed by atoms with van der Waals surface area (Å²) in [6.45, 7) is 1.08. The Kier molecular flexibility index (Phi) is 24.7. The molecule has 0 atom stereocenters. The molecule has 33 valence electrons. The predicted molar refractivity (Wildman–Crippen MR) is 23.2 cm³/mol. The molecule has 0 heterocycles. The second kappa shape index (κ2) is 9.44. The summed E-state index contributed by atoms with van der Waals surface area (Å²) in [6.07, 6.45) is 0. The summed E-state index contributed by atoms with van der Waals surface area (Å²) in [6, 6.07) is 0. The summed E-state index contributed by atoms with van der Waals surface area (Å²) in [5, 5.41) is 7.42. The van der Waals surface area contributed by atoms with E-state index in [4.69, 9.17) is 9.90 Å². The van der Waals surface area contributed by atoms with Gasteiger partial charge in [-0.05, 0) is 0 Å². The Morgan fingerprint density at radius 2 is 1.67 bits per heavy atom. The monoisotopic (exact) mass is 179 g/mol. The molecule has 0 saturated carbocycles. The maximum absolute atomic E-state index is 9.00. The Balaban J connectivity index is -0.0000000450. The Morgan fingerprint density at radius 3 is 1.67 bits per heavy atom. The third kappa shape index (κ3) is 70.3. The summed E-state index contributed by atoms with van der Waals surface area (Å²) in [7, 11) is 0. The first-order chi connectivity index (χ1) is 1.73. The zero-order chi connectivity index (χ0) is 3.58. The molecule has 0 unspecified atom stereocenters. The first kappa shape index (κ1) is 15.7. The molecule has 0 spiro atoms. The normalized spacial score (nSPS) is 4.17. The molecule has 0 aromatic rings. The second-order valence-electron chi connectivity index (χ2n) is 0.519. The van der Waals surface area contributed by atoms with Crippen LogP contribution in [0.1, 0.15) is 6.92 Å². The minimum Gasteiger partial charge on any atom is -0.481 e. The fraction of sp³-hybridized carbons (Fsp3) is 0.500. The summed E-state index contributed by atoms with van der Waals surface area (Å²) in [5.74, 6) is -0.833. The van der Waals surface area contributed by atoms with Crippen LogP contribution in [0.25, 0.3) is 0 Å². The Morgan fingerprint density at radius 1 is 1.67 bits per heavy atom. The van der Waals surface area contributed by atoms with Crippen LogP contribution < -0.4 is 0 Å². The molecule has 0 bridgehead atoms. The molecule has 0 aliphatic carbocycles. The van der Waals surface area contributed by atoms with Gasteiger partial charge in [-0.15, -0.1) is 0 Å². The van der Waals surface area contributed by atoms with Crippen LogP contribution in [0.3, 0.4) is 0 Å². The molecule has 0 saturated heterocycles. The van der Waals surface area contributed by atoms with Crippen molar-refractivity contribution in [2.45, 2.75) is 6.92 Å². The summed E-state index contributed by atoms with van der Waals surface area (Å²) < 4.78 is 0. The van der Waals surface area contributed by atoms with Crippen LogP contribution in [0.15, 0.2) is 0 Å². The van der Waals surface area contributed by atoms with Gasteiger partial charge in [0.15, 0.2) is 17.4 Å². The fourth-order valence-electron chi connectivity index (χ4n) is 0. The third-order valence-electron chi connectivity index (χ3n) is 0. The molecular formula is C2H7AlO2Y. The molecule has 2 nitrogen and oxygen atoms in total. The van der Waals surface area contributed by atoms with E-state index in [2.05, 4.69) is 0 Å². The number of hydrogen-bond acceptors (Lipinski definition) is 1. The van der Waals surface area contributed by atoms with Gasteiger partial charge in [0.25, 0.3) is 5.97 Å². The van der Waals surface area contributed by atoms with E-state index in [9.17, 15) is 0 Å². The van der Waals surface area contributed by atoms with Crippen LogP contribution >= 0.6 is 0 Å². The van der Waals surface area contributed by atoms with E-state index in [-0.39, 0.29) is 50.1 Å². The minimum atomic E-state index is -0.833. The largest absolute Gasteiger partial charge is 0.481 e. The van der Waals surface area contributed by atoms with Gasteiger partial charge in [-0.3, -0.25) is 4.79 Å². The molecule has 1 radical (unpaired) electrons. The van der Waals surface area contributed by atoms with Crippen LogP contribution in [0, 0.1) is 0 Å². The second-order valence-corrected chi connectivity index (χ2v) is 0.519. The molecule has 0 rings (SSSR count). The maximum Gasteiger partial charge on any atom is 0.300 e. The molecule has 1 N–H and O–H groups in total. The van der Waals surface area contributed by atoms with E-state index in [0.29, 0.717) is 0 Å². The van der Waals surface area contributed by atoms with E-state index in [1.807, 2.05) is 0 Å². The molecule has 0 aromatic heterocycles. The van der Waals surface area contributed by atoms with Gasteiger partial charge >= 0.3 is 0 Å². The number of carboxylic acid groups (broad SMARTS) is 1. The minimum absolute atomic E-state index is 0. The van der Waals surface area contributed by atoms with Crippen LogP contribution in [-0.4, -0.2) is 28.4 Å². The number of carboxylic acids is 1. The van der Waals surface area contributed by atoms with Crippen LogP contribution in [0.4, 0.5) is 0 Å². The molecule has 0 aliphatic rings. The Hall–Kier alpha value is 1.11. The van der Waals surface area contributed by atoms with Crippen molar-refractivity contribution in [3.05, 3.63) is 0 Å². The molecule has 4 heteroatoms. The molecular weight excluding hydrogens is 172 g/mol. The van der Waals surface area contributed by atoms with Gasteiger partial charge < -0.3 is 5.11 Å². The van der Waals surface area contributed by atoms with E-state index < -0.39 is 5.97 Å². The SMILES string of the molecule is CC(=O)O.[AlH3].[Y]. The van der Waals surface area contributed by atoms with Crippen LogP contribution in [0.5, 0.6) is 0 Å². The van der Waals surface area contributed by atoms with Gasteiger partial charge in [0.05, 0.1) is 0 Å². The van der Waals surface area contributed by atoms with Crippen molar-refractivity contribution in [2.24, 2.45) is 0 Å². The van der Waals surface area contributed by atoms with Crippen LogP contribution in [-0.2, 0) is 37.5 Å². The average Bonchev–Trinajstić information content (AvgIpc) is 0.811. The van der Waals surface area contributed by atoms with Gasteiger partial charge in [0.2, 0.25) is 0 Å². The van der Waals surface area contributed by atoms with Crippen LogP contribution in [0.2, 0.25) is 0 Å². The number of rotatable bonds is 0. The number of carbonyl (C=O) groups is 1. The van der Waals surface area contributed by atoms with Crippen molar-refractivity contribution in [2.75, 3.05) is 0 Å². The van der Waals surface area contributed by atoms with E-state index in [1.54, 1.807) is 0 Å². The van der Waals surface area contributed by atoms with Gasteiger partial charge in [-0.1, -0.05) is 0 Å². The summed E-state index contributed by atoms with van der Waals surface area (Å²) >= 11 is 0. The first-order valence-electron chi connectivity index (χ1n) is 0.928. The number of aliphatic carboxylic acids is 1. The van der Waals surface area contributed by atoms with Crippen molar-refractivity contribution < 1.29 is 42.6 Å². The smallest absolute Gasteiger partial charge is 0.300 e. The maximum atomic E-state index is 9.00. The third-order valence-corrected chi connectivity index (χ3v) is 0. The predicted octanol–water partition coefficient (Wildman–Crippen LogP) is -1.10. The summed E-state index contributed by atoms with van der Waals surface area (Å²) in [5.41, 5.74) is 0. The molecule has 0 aliphatic heterocycles. The van der Waals surface area contributed by atoms with Gasteiger partial charge in [-0.25, -0.2) is 0 Å². The molecule has 6 heavy (non-hydrogen) atoms. The van der Waals surface area contributed by atoms with Crippen molar-refractivity contribution >= 4 is 23.3 Å². The zero-order valence-corrected chi connectivity index (χ0v) is 5.77. The van der Waals surface area contributed by atoms with Crippen molar-refractivity contribution in [1.29, 1.82) is 0 Å². The van der Waals surface area contributed by atoms with Crippen molar-refractivity contribution in [3.8, 4) is 0 Å².